The molecule has 0 spiro atoms. The van der Waals surface area contributed by atoms with Crippen molar-refractivity contribution < 1.29 is 10.2 Å². The van der Waals surface area contributed by atoms with E-state index in [0.717, 1.165) is 19.3 Å². The monoisotopic (exact) mass is 288 g/mol. The Morgan fingerprint density at radius 3 is 2.57 bits per heavy atom. The second kappa shape index (κ2) is 4.45. The van der Waals surface area contributed by atoms with E-state index in [1.54, 1.807) is 0 Å². The van der Waals surface area contributed by atoms with E-state index >= 15 is 0 Å². The molecule has 0 aromatic rings. The van der Waals surface area contributed by atoms with E-state index in [1.807, 2.05) is 6.08 Å². The lowest BCUT2D eigenvalue weighted by atomic mass is 9.48. The summed E-state index contributed by atoms with van der Waals surface area (Å²) in [7, 11) is 0. The predicted octanol–water partition coefficient (Wildman–Crippen LogP) is 3.30. The largest absolute Gasteiger partial charge is 0.393 e. The highest BCUT2D eigenvalue weighted by Crippen LogP contribution is 2.63. The van der Waals surface area contributed by atoms with Crippen molar-refractivity contribution in [1.82, 2.24) is 0 Å². The van der Waals surface area contributed by atoms with Crippen LogP contribution in [0.2, 0.25) is 0 Å². The van der Waals surface area contributed by atoms with Crippen LogP contribution in [0.25, 0.3) is 0 Å². The number of hydrogen-bond donors (Lipinski definition) is 2. The van der Waals surface area contributed by atoms with Crippen LogP contribution in [0.3, 0.4) is 0 Å². The molecule has 4 aliphatic carbocycles. The fourth-order valence-corrected chi connectivity index (χ4v) is 6.14. The molecule has 4 rings (SSSR count). The Balaban J connectivity index is 1.71. The molecule has 0 saturated heterocycles. The molecule has 2 fully saturated rings. The number of aliphatic hydroxyl groups is 2. The van der Waals surface area contributed by atoms with Gasteiger partial charge in [-0.15, -0.1) is 0 Å². The summed E-state index contributed by atoms with van der Waals surface area (Å²) >= 11 is 0. The number of aliphatic hydroxyl groups excluding tert-OH is 2. The van der Waals surface area contributed by atoms with E-state index < -0.39 is 0 Å². The average Bonchev–Trinajstić information content (AvgIpc) is 2.76. The second-order valence-corrected chi connectivity index (χ2v) is 8.45. The Morgan fingerprint density at radius 2 is 1.76 bits per heavy atom. The van der Waals surface area contributed by atoms with Crippen LogP contribution < -0.4 is 0 Å². The Kier molecular flexibility index (Phi) is 2.97. The number of allylic oxidation sites excluding steroid dienone is 3. The van der Waals surface area contributed by atoms with Crippen molar-refractivity contribution in [2.24, 2.45) is 34.5 Å². The molecule has 3 unspecified atom stereocenters. The number of fused-ring (bicyclic) bond motifs is 5. The lowest BCUT2D eigenvalue weighted by molar-refractivity contribution is -0.0584. The van der Waals surface area contributed by atoms with Crippen LogP contribution in [-0.2, 0) is 0 Å². The third-order valence-electron chi connectivity index (χ3n) is 7.62. The molecule has 8 atom stereocenters. The molecular formula is C19H28O2. The summed E-state index contributed by atoms with van der Waals surface area (Å²) in [6.07, 6.45) is 14.2. The van der Waals surface area contributed by atoms with E-state index in [-0.39, 0.29) is 23.0 Å². The van der Waals surface area contributed by atoms with Crippen LogP contribution in [0.15, 0.2) is 24.3 Å². The van der Waals surface area contributed by atoms with Crippen molar-refractivity contribution >= 4 is 0 Å². The Labute approximate surface area is 127 Å². The minimum atomic E-state index is -0.272. The van der Waals surface area contributed by atoms with Crippen molar-refractivity contribution in [3.63, 3.8) is 0 Å². The zero-order valence-electron chi connectivity index (χ0n) is 13.2. The molecule has 0 bridgehead atoms. The molecule has 0 aromatic heterocycles. The van der Waals surface area contributed by atoms with Crippen LogP contribution in [0.1, 0.15) is 46.0 Å². The normalized spacial score (nSPS) is 58.5. The van der Waals surface area contributed by atoms with E-state index in [1.165, 1.54) is 12.8 Å². The SMILES string of the molecule is C[C@]12C=CC(O)CC1C=C[C@@H]1[C@H]2CC[C@]2(C)C(O)CC[C@@H]12. The first kappa shape index (κ1) is 14.0. The number of hydrogen-bond acceptors (Lipinski definition) is 2. The van der Waals surface area contributed by atoms with Crippen molar-refractivity contribution in [3.05, 3.63) is 24.3 Å². The fraction of sp³-hybridized carbons (Fsp3) is 0.789. The zero-order chi connectivity index (χ0) is 14.8. The van der Waals surface area contributed by atoms with Crippen molar-refractivity contribution in [1.29, 1.82) is 0 Å². The van der Waals surface area contributed by atoms with Crippen LogP contribution in [0.5, 0.6) is 0 Å². The van der Waals surface area contributed by atoms with Gasteiger partial charge in [-0.1, -0.05) is 38.2 Å². The zero-order valence-corrected chi connectivity index (χ0v) is 13.2. The molecule has 0 amide bonds. The first-order chi connectivity index (χ1) is 9.95. The molecular weight excluding hydrogens is 260 g/mol. The van der Waals surface area contributed by atoms with Gasteiger partial charge in [-0.2, -0.15) is 0 Å². The molecule has 2 nitrogen and oxygen atoms in total. The van der Waals surface area contributed by atoms with Crippen LogP contribution in [-0.4, -0.2) is 22.4 Å². The fourth-order valence-electron chi connectivity index (χ4n) is 6.14. The molecule has 0 aromatic carbocycles. The van der Waals surface area contributed by atoms with Gasteiger partial charge in [0.25, 0.3) is 0 Å². The highest BCUT2D eigenvalue weighted by Gasteiger charge is 2.58. The summed E-state index contributed by atoms with van der Waals surface area (Å²) in [6, 6.07) is 0. The van der Waals surface area contributed by atoms with Gasteiger partial charge in [0.05, 0.1) is 12.2 Å². The molecule has 4 aliphatic rings. The van der Waals surface area contributed by atoms with Gasteiger partial charge in [-0.25, -0.2) is 0 Å². The highest BCUT2D eigenvalue weighted by molar-refractivity contribution is 5.24. The average molecular weight is 288 g/mol. The van der Waals surface area contributed by atoms with Crippen LogP contribution in [0, 0.1) is 34.5 Å². The summed E-state index contributed by atoms with van der Waals surface area (Å²) in [5.74, 6) is 2.41. The molecule has 21 heavy (non-hydrogen) atoms. The highest BCUT2D eigenvalue weighted by atomic mass is 16.3. The Bertz CT molecular complexity index is 496. The molecule has 0 radical (unpaired) electrons. The maximum atomic E-state index is 10.4. The Morgan fingerprint density at radius 1 is 0.952 bits per heavy atom. The number of rotatable bonds is 0. The lowest BCUT2D eigenvalue weighted by Crippen LogP contribution is -2.51. The third kappa shape index (κ3) is 1.78. The summed E-state index contributed by atoms with van der Waals surface area (Å²) < 4.78 is 0. The topological polar surface area (TPSA) is 40.5 Å². The molecule has 0 heterocycles. The third-order valence-corrected chi connectivity index (χ3v) is 7.62. The lowest BCUT2D eigenvalue weighted by Gasteiger charge is -2.56. The smallest absolute Gasteiger partial charge is 0.0727 e. The molecule has 2 heteroatoms. The van der Waals surface area contributed by atoms with E-state index in [2.05, 4.69) is 32.1 Å². The van der Waals surface area contributed by atoms with Crippen molar-refractivity contribution in [3.8, 4) is 0 Å². The van der Waals surface area contributed by atoms with Gasteiger partial charge >= 0.3 is 0 Å². The second-order valence-electron chi connectivity index (χ2n) is 8.45. The van der Waals surface area contributed by atoms with Crippen molar-refractivity contribution in [2.45, 2.75) is 58.2 Å². The quantitative estimate of drug-likeness (QED) is 0.671. The van der Waals surface area contributed by atoms with Gasteiger partial charge in [0.2, 0.25) is 0 Å². The standard InChI is InChI=1S/C19H28O2/c1-18-9-7-13(20)11-12(18)3-4-14-15-5-6-17(21)19(15,2)10-8-16(14)18/h3-4,7,9,12-17,20-21H,5-6,8,10-11H2,1-2H3/t12?,13?,14-,15-,16+,17?,18-,19-/m0/s1. The van der Waals surface area contributed by atoms with E-state index in [9.17, 15) is 10.2 Å². The van der Waals surface area contributed by atoms with Gasteiger partial charge in [-0.05, 0) is 66.6 Å². The van der Waals surface area contributed by atoms with Crippen LogP contribution >= 0.6 is 0 Å². The van der Waals surface area contributed by atoms with E-state index in [0.29, 0.717) is 23.7 Å². The molecule has 2 N–H and O–H groups in total. The van der Waals surface area contributed by atoms with Gasteiger partial charge < -0.3 is 10.2 Å². The Hall–Kier alpha value is -0.600. The molecule has 2 saturated carbocycles. The first-order valence-corrected chi connectivity index (χ1v) is 8.69. The van der Waals surface area contributed by atoms with Gasteiger partial charge in [0.15, 0.2) is 0 Å². The summed E-state index contributed by atoms with van der Waals surface area (Å²) in [4.78, 5) is 0. The van der Waals surface area contributed by atoms with Crippen LogP contribution in [0.4, 0.5) is 0 Å². The minimum Gasteiger partial charge on any atom is -0.393 e. The van der Waals surface area contributed by atoms with Gasteiger partial charge in [0, 0.05) is 0 Å². The van der Waals surface area contributed by atoms with E-state index in [4.69, 9.17) is 0 Å². The first-order valence-electron chi connectivity index (χ1n) is 8.69. The molecule has 116 valence electrons. The van der Waals surface area contributed by atoms with Crippen molar-refractivity contribution in [2.75, 3.05) is 0 Å². The molecule has 0 aliphatic heterocycles. The predicted molar refractivity (Wildman–Crippen MR) is 83.6 cm³/mol. The minimum absolute atomic E-state index is 0.105. The maximum absolute atomic E-state index is 10.4. The summed E-state index contributed by atoms with van der Waals surface area (Å²) in [6.45, 7) is 4.71. The van der Waals surface area contributed by atoms with Gasteiger partial charge in [0.1, 0.15) is 0 Å². The van der Waals surface area contributed by atoms with Gasteiger partial charge in [-0.3, -0.25) is 0 Å². The summed E-state index contributed by atoms with van der Waals surface area (Å²) in [5.41, 5.74) is 0.333. The summed E-state index contributed by atoms with van der Waals surface area (Å²) in [5, 5.41) is 20.4. The maximum Gasteiger partial charge on any atom is 0.0727 e.